The second-order valence-corrected chi connectivity index (χ2v) is 7.20. The van der Waals surface area contributed by atoms with E-state index >= 15 is 0 Å². The predicted molar refractivity (Wildman–Crippen MR) is 102 cm³/mol. The Bertz CT molecular complexity index is 961. The Morgan fingerprint density at radius 1 is 1.14 bits per heavy atom. The monoisotopic (exact) mass is 427 g/mol. The molecule has 0 atom stereocenters. The van der Waals surface area contributed by atoms with Crippen molar-refractivity contribution in [2.45, 2.75) is 12.9 Å². The van der Waals surface area contributed by atoms with Crippen molar-refractivity contribution in [1.82, 2.24) is 4.98 Å². The summed E-state index contributed by atoms with van der Waals surface area (Å²) in [6.45, 7) is 0.443. The molecule has 3 aromatic rings. The Hall–Kier alpha value is -2.78. The molecule has 5 nitrogen and oxygen atoms in total. The first-order valence-corrected chi connectivity index (χ1v) is 9.10. The minimum atomic E-state index is -4.77. The third-order valence-electron chi connectivity index (χ3n) is 3.50. The molecule has 0 saturated carbocycles. The molecule has 0 unspecified atom stereocenters. The van der Waals surface area contributed by atoms with Crippen molar-refractivity contribution in [2.75, 3.05) is 10.6 Å². The lowest BCUT2D eigenvalue weighted by atomic mass is 10.1. The first-order valence-electron chi connectivity index (χ1n) is 7.90. The Kier molecular flexibility index (Phi) is 6.05. The van der Waals surface area contributed by atoms with Gasteiger partial charge in [0.15, 0.2) is 4.47 Å². The largest absolute Gasteiger partial charge is 0.573 e. The number of carbonyl (C=O) groups is 1. The highest BCUT2D eigenvalue weighted by atomic mass is 35.5. The third-order valence-corrected chi connectivity index (χ3v) is 4.61. The molecule has 28 heavy (non-hydrogen) atoms. The van der Waals surface area contributed by atoms with Crippen molar-refractivity contribution < 1.29 is 22.7 Å². The van der Waals surface area contributed by atoms with Crippen LogP contribution in [0.3, 0.4) is 0 Å². The summed E-state index contributed by atoms with van der Waals surface area (Å²) >= 11 is 7.13. The summed E-state index contributed by atoms with van der Waals surface area (Å²) in [6.07, 6.45) is -3.12. The van der Waals surface area contributed by atoms with Crippen LogP contribution in [0.4, 0.5) is 24.5 Å². The van der Waals surface area contributed by atoms with Gasteiger partial charge in [-0.1, -0.05) is 23.7 Å². The van der Waals surface area contributed by atoms with Gasteiger partial charge < -0.3 is 15.4 Å². The Balaban J connectivity index is 1.67. The first kappa shape index (κ1) is 20.0. The van der Waals surface area contributed by atoms with E-state index in [0.717, 1.165) is 17.0 Å². The number of halogens is 4. The van der Waals surface area contributed by atoms with E-state index in [1.807, 2.05) is 0 Å². The van der Waals surface area contributed by atoms with Crippen LogP contribution in [-0.2, 0) is 6.54 Å². The third kappa shape index (κ3) is 5.61. The highest BCUT2D eigenvalue weighted by Crippen LogP contribution is 2.25. The maximum absolute atomic E-state index is 12.6. The molecule has 0 fully saturated rings. The molecular weight excluding hydrogens is 415 g/mol. The SMILES string of the molecule is O=C(Nc1ccc(OC(F)(F)F)cc1)c1ccccc1NCc1cnc(Cl)s1. The second-order valence-electron chi connectivity index (χ2n) is 5.50. The fraction of sp³-hybridized carbons (Fsp3) is 0.111. The predicted octanol–water partition coefficient (Wildman–Crippen LogP) is 5.56. The lowest BCUT2D eigenvalue weighted by Gasteiger charge is -2.12. The molecule has 0 aliphatic rings. The van der Waals surface area contributed by atoms with Crippen LogP contribution in [-0.4, -0.2) is 17.3 Å². The number of hydrogen-bond acceptors (Lipinski definition) is 5. The van der Waals surface area contributed by atoms with Gasteiger partial charge in [0.1, 0.15) is 5.75 Å². The molecule has 1 heterocycles. The average molecular weight is 428 g/mol. The number of para-hydroxylation sites is 1. The van der Waals surface area contributed by atoms with E-state index in [-0.39, 0.29) is 5.75 Å². The van der Waals surface area contributed by atoms with E-state index in [2.05, 4.69) is 20.4 Å². The van der Waals surface area contributed by atoms with Gasteiger partial charge in [0.25, 0.3) is 5.91 Å². The van der Waals surface area contributed by atoms with E-state index in [4.69, 9.17) is 11.6 Å². The molecule has 0 spiro atoms. The fourth-order valence-corrected chi connectivity index (χ4v) is 3.24. The number of carbonyl (C=O) groups excluding carboxylic acids is 1. The maximum Gasteiger partial charge on any atom is 0.573 e. The quantitative estimate of drug-likeness (QED) is 0.540. The maximum atomic E-state index is 12.6. The van der Waals surface area contributed by atoms with E-state index in [1.165, 1.54) is 23.5 Å². The number of aromatic nitrogens is 1. The van der Waals surface area contributed by atoms with Gasteiger partial charge in [-0.2, -0.15) is 0 Å². The summed E-state index contributed by atoms with van der Waals surface area (Å²) in [5.74, 6) is -0.772. The number of anilines is 2. The van der Waals surface area contributed by atoms with Crippen molar-refractivity contribution in [1.29, 1.82) is 0 Å². The van der Waals surface area contributed by atoms with Crippen LogP contribution in [0.1, 0.15) is 15.2 Å². The average Bonchev–Trinajstić information content (AvgIpc) is 3.06. The number of alkyl halides is 3. The smallest absolute Gasteiger partial charge is 0.406 e. The second kappa shape index (κ2) is 8.49. The number of amides is 1. The first-order chi connectivity index (χ1) is 13.3. The molecule has 10 heteroatoms. The van der Waals surface area contributed by atoms with Crippen molar-refractivity contribution in [2.24, 2.45) is 0 Å². The van der Waals surface area contributed by atoms with Gasteiger partial charge in [0.2, 0.25) is 0 Å². The van der Waals surface area contributed by atoms with Gasteiger partial charge in [-0.15, -0.1) is 24.5 Å². The number of benzene rings is 2. The summed E-state index contributed by atoms with van der Waals surface area (Å²) in [6, 6.07) is 11.8. The lowest BCUT2D eigenvalue weighted by molar-refractivity contribution is -0.274. The molecule has 2 aromatic carbocycles. The van der Waals surface area contributed by atoms with Crippen LogP contribution >= 0.6 is 22.9 Å². The van der Waals surface area contributed by atoms with Gasteiger partial charge in [0.05, 0.1) is 12.1 Å². The summed E-state index contributed by atoms with van der Waals surface area (Å²) < 4.78 is 40.9. The highest BCUT2D eigenvalue weighted by Gasteiger charge is 2.31. The van der Waals surface area contributed by atoms with Crippen LogP contribution in [0.2, 0.25) is 4.47 Å². The van der Waals surface area contributed by atoms with E-state index in [9.17, 15) is 18.0 Å². The number of ether oxygens (including phenoxy) is 1. The Morgan fingerprint density at radius 3 is 2.50 bits per heavy atom. The van der Waals surface area contributed by atoms with Crippen molar-refractivity contribution >= 4 is 40.2 Å². The van der Waals surface area contributed by atoms with Gasteiger partial charge in [-0.3, -0.25) is 4.79 Å². The minimum absolute atomic E-state index is 0.337. The number of hydrogen-bond donors (Lipinski definition) is 2. The summed E-state index contributed by atoms with van der Waals surface area (Å²) in [4.78, 5) is 17.4. The molecule has 1 aromatic heterocycles. The molecule has 146 valence electrons. The van der Waals surface area contributed by atoms with Gasteiger partial charge in [-0.05, 0) is 36.4 Å². The zero-order valence-electron chi connectivity index (χ0n) is 14.1. The molecule has 0 aliphatic heterocycles. The lowest BCUT2D eigenvalue weighted by Crippen LogP contribution is -2.17. The van der Waals surface area contributed by atoms with Crippen molar-refractivity contribution in [3.63, 3.8) is 0 Å². The van der Waals surface area contributed by atoms with Gasteiger partial charge in [-0.25, -0.2) is 4.98 Å². The van der Waals surface area contributed by atoms with E-state index < -0.39 is 12.3 Å². The van der Waals surface area contributed by atoms with Crippen LogP contribution in [0.25, 0.3) is 0 Å². The molecule has 0 radical (unpaired) electrons. The van der Waals surface area contributed by atoms with Crippen LogP contribution in [0, 0.1) is 0 Å². The summed E-state index contributed by atoms with van der Waals surface area (Å²) in [7, 11) is 0. The van der Waals surface area contributed by atoms with Crippen LogP contribution in [0.15, 0.2) is 54.7 Å². The summed E-state index contributed by atoms with van der Waals surface area (Å²) in [5, 5.41) is 5.79. The topological polar surface area (TPSA) is 63.2 Å². The molecule has 0 bridgehead atoms. The number of nitrogens with one attached hydrogen (secondary N) is 2. The molecule has 2 N–H and O–H groups in total. The molecule has 0 saturated heterocycles. The number of rotatable bonds is 6. The van der Waals surface area contributed by atoms with Gasteiger partial charge >= 0.3 is 6.36 Å². The standard InChI is InChI=1S/C18H13ClF3N3O2S/c19-17-24-10-13(28-17)9-23-15-4-2-1-3-14(15)16(26)25-11-5-7-12(8-6-11)27-18(20,21)22/h1-8,10,23H,9H2,(H,25,26). The molecule has 3 rings (SSSR count). The van der Waals surface area contributed by atoms with E-state index in [0.29, 0.717) is 27.9 Å². The zero-order chi connectivity index (χ0) is 20.1. The summed E-state index contributed by atoms with van der Waals surface area (Å²) in [5.41, 5.74) is 1.32. The molecule has 0 aliphatic carbocycles. The highest BCUT2D eigenvalue weighted by molar-refractivity contribution is 7.15. The van der Waals surface area contributed by atoms with E-state index in [1.54, 1.807) is 30.5 Å². The van der Waals surface area contributed by atoms with Gasteiger partial charge in [0, 0.05) is 22.4 Å². The molecular formula is C18H13ClF3N3O2S. The van der Waals surface area contributed by atoms with Crippen molar-refractivity contribution in [3.05, 3.63) is 69.6 Å². The Morgan fingerprint density at radius 2 is 1.86 bits per heavy atom. The zero-order valence-corrected chi connectivity index (χ0v) is 15.7. The fourth-order valence-electron chi connectivity index (χ4n) is 2.32. The normalized spacial score (nSPS) is 11.1. The Labute approximate surface area is 167 Å². The minimum Gasteiger partial charge on any atom is -0.406 e. The number of thiazole rings is 1. The van der Waals surface area contributed by atoms with Crippen molar-refractivity contribution in [3.8, 4) is 5.75 Å². The number of nitrogens with zero attached hydrogens (tertiary/aromatic N) is 1. The van der Waals surface area contributed by atoms with Crippen LogP contribution < -0.4 is 15.4 Å². The molecule has 1 amide bonds. The van der Waals surface area contributed by atoms with Crippen LogP contribution in [0.5, 0.6) is 5.75 Å².